The van der Waals surface area contributed by atoms with Crippen LogP contribution >= 0.6 is 0 Å². The minimum absolute atomic E-state index is 0.131. The summed E-state index contributed by atoms with van der Waals surface area (Å²) in [4.78, 5) is 29.5. The van der Waals surface area contributed by atoms with E-state index in [9.17, 15) is 9.59 Å². The Labute approximate surface area is 131 Å². The first-order valence-corrected chi connectivity index (χ1v) is 7.93. The molecular weight excluding hydrogens is 280 g/mol. The summed E-state index contributed by atoms with van der Waals surface area (Å²) in [5.74, 6) is 0.213. The van der Waals surface area contributed by atoms with Crippen molar-refractivity contribution in [3.63, 3.8) is 0 Å². The number of nitrogens with one attached hydrogen (secondary N) is 2. The molecule has 0 bridgehead atoms. The van der Waals surface area contributed by atoms with Crippen molar-refractivity contribution in [3.05, 3.63) is 23.9 Å². The zero-order chi connectivity index (χ0) is 15.9. The molecule has 1 amide bonds. The highest BCUT2D eigenvalue weighted by molar-refractivity contribution is 6.38. The molecular formula is C16H24N4O2. The van der Waals surface area contributed by atoms with Gasteiger partial charge in [-0.2, -0.15) is 0 Å². The van der Waals surface area contributed by atoms with Gasteiger partial charge < -0.3 is 15.5 Å². The van der Waals surface area contributed by atoms with Crippen LogP contribution in [0.4, 0.5) is 0 Å². The highest BCUT2D eigenvalue weighted by Gasteiger charge is 2.30. The van der Waals surface area contributed by atoms with Gasteiger partial charge >= 0.3 is 0 Å². The van der Waals surface area contributed by atoms with Gasteiger partial charge in [0.25, 0.3) is 5.91 Å². The summed E-state index contributed by atoms with van der Waals surface area (Å²) in [6.45, 7) is 5.24. The van der Waals surface area contributed by atoms with Crippen molar-refractivity contribution in [2.75, 3.05) is 13.1 Å². The lowest BCUT2D eigenvalue weighted by molar-refractivity contribution is -0.140. The summed E-state index contributed by atoms with van der Waals surface area (Å²) in [7, 11) is 0. The molecule has 1 atom stereocenters. The van der Waals surface area contributed by atoms with Crippen LogP contribution < -0.4 is 10.6 Å². The number of hydrogen-bond donors (Lipinski definition) is 2. The third-order valence-electron chi connectivity index (χ3n) is 4.02. The summed E-state index contributed by atoms with van der Waals surface area (Å²) in [5, 5.41) is 5.77. The Kier molecular flexibility index (Phi) is 5.75. The van der Waals surface area contributed by atoms with Crippen molar-refractivity contribution in [1.82, 2.24) is 15.5 Å². The molecule has 1 fully saturated rings. The molecule has 1 unspecified atom stereocenters. The van der Waals surface area contributed by atoms with Gasteiger partial charge in [0.2, 0.25) is 5.78 Å². The van der Waals surface area contributed by atoms with Crippen molar-refractivity contribution in [2.24, 2.45) is 10.9 Å². The normalized spacial score (nSPS) is 22.5. The largest absolute Gasteiger partial charge is 0.356 e. The molecule has 2 aliphatic heterocycles. The molecule has 120 valence electrons. The fourth-order valence-electron chi connectivity index (χ4n) is 2.66. The van der Waals surface area contributed by atoms with Crippen molar-refractivity contribution in [3.8, 4) is 0 Å². The second-order valence-electron chi connectivity index (χ2n) is 5.67. The SMILES string of the molecule is CCCCC(CC)CN1CC(=O)C(=O)NC1=C1C=NC=CN1. The molecule has 1 saturated heterocycles. The predicted molar refractivity (Wildman–Crippen MR) is 85.8 cm³/mol. The van der Waals surface area contributed by atoms with Crippen LogP contribution in [0.25, 0.3) is 0 Å². The van der Waals surface area contributed by atoms with Crippen molar-refractivity contribution >= 4 is 17.9 Å². The Balaban J connectivity index is 2.17. The van der Waals surface area contributed by atoms with Crippen molar-refractivity contribution < 1.29 is 9.59 Å². The van der Waals surface area contributed by atoms with E-state index in [1.165, 1.54) is 12.8 Å². The molecule has 0 aromatic rings. The average Bonchev–Trinajstić information content (AvgIpc) is 2.55. The van der Waals surface area contributed by atoms with E-state index in [1.807, 2.05) is 4.90 Å². The number of ketones is 1. The molecule has 0 aromatic carbocycles. The minimum Gasteiger partial charge on any atom is -0.356 e. The van der Waals surface area contributed by atoms with Crippen LogP contribution in [0.1, 0.15) is 39.5 Å². The maximum atomic E-state index is 11.8. The maximum absolute atomic E-state index is 11.8. The quantitative estimate of drug-likeness (QED) is 0.730. The van der Waals surface area contributed by atoms with E-state index in [1.54, 1.807) is 18.6 Å². The molecule has 2 heterocycles. The summed E-state index contributed by atoms with van der Waals surface area (Å²) in [5.41, 5.74) is 0.716. The number of unbranched alkanes of at least 4 members (excludes halogenated alkanes) is 1. The first-order chi connectivity index (χ1) is 10.7. The second kappa shape index (κ2) is 7.77. The zero-order valence-corrected chi connectivity index (χ0v) is 13.3. The van der Waals surface area contributed by atoms with Crippen LogP contribution in [-0.4, -0.2) is 35.9 Å². The molecule has 6 nitrogen and oxygen atoms in total. The number of aliphatic imine (C=N–C) groups is 1. The fourth-order valence-corrected chi connectivity index (χ4v) is 2.66. The van der Waals surface area contributed by atoms with Crippen LogP contribution in [0.2, 0.25) is 0 Å². The molecule has 2 N–H and O–H groups in total. The second-order valence-corrected chi connectivity index (χ2v) is 5.67. The van der Waals surface area contributed by atoms with E-state index < -0.39 is 11.7 Å². The summed E-state index contributed by atoms with van der Waals surface area (Å²) in [6.07, 6.45) is 9.54. The van der Waals surface area contributed by atoms with Gasteiger partial charge in [-0.05, 0) is 12.3 Å². The Morgan fingerprint density at radius 3 is 2.82 bits per heavy atom. The zero-order valence-electron chi connectivity index (χ0n) is 13.3. The summed E-state index contributed by atoms with van der Waals surface area (Å²) < 4.78 is 0. The van der Waals surface area contributed by atoms with Crippen LogP contribution in [-0.2, 0) is 9.59 Å². The lowest BCUT2D eigenvalue weighted by Crippen LogP contribution is -2.52. The molecule has 0 aromatic heterocycles. The summed E-state index contributed by atoms with van der Waals surface area (Å²) in [6, 6.07) is 0. The Morgan fingerprint density at radius 2 is 2.18 bits per heavy atom. The third-order valence-corrected chi connectivity index (χ3v) is 4.02. The lowest BCUT2D eigenvalue weighted by atomic mass is 9.98. The van der Waals surface area contributed by atoms with Gasteiger partial charge in [0.05, 0.1) is 18.5 Å². The van der Waals surface area contributed by atoms with Crippen molar-refractivity contribution in [1.29, 1.82) is 0 Å². The van der Waals surface area contributed by atoms with E-state index in [0.29, 0.717) is 17.4 Å². The molecule has 0 spiro atoms. The molecule has 6 heteroatoms. The summed E-state index contributed by atoms with van der Waals surface area (Å²) >= 11 is 0. The van der Waals surface area contributed by atoms with Gasteiger partial charge in [0.15, 0.2) is 0 Å². The van der Waals surface area contributed by atoms with E-state index in [-0.39, 0.29) is 6.54 Å². The number of carbonyl (C=O) groups excluding carboxylic acids is 2. The molecule has 2 aliphatic rings. The van der Waals surface area contributed by atoms with E-state index in [0.717, 1.165) is 19.4 Å². The van der Waals surface area contributed by atoms with Crippen molar-refractivity contribution in [2.45, 2.75) is 39.5 Å². The number of allylic oxidation sites excluding steroid dienone is 1. The highest BCUT2D eigenvalue weighted by atomic mass is 16.2. The predicted octanol–water partition coefficient (Wildman–Crippen LogP) is 1.52. The number of amides is 1. The van der Waals surface area contributed by atoms with E-state index in [4.69, 9.17) is 0 Å². The van der Waals surface area contributed by atoms with Crippen LogP contribution in [0, 0.1) is 5.92 Å². The topological polar surface area (TPSA) is 73.8 Å². The van der Waals surface area contributed by atoms with Gasteiger partial charge in [0.1, 0.15) is 5.82 Å². The van der Waals surface area contributed by atoms with Crippen LogP contribution in [0.15, 0.2) is 28.9 Å². The van der Waals surface area contributed by atoms with E-state index >= 15 is 0 Å². The molecule has 22 heavy (non-hydrogen) atoms. The maximum Gasteiger partial charge on any atom is 0.294 e. The minimum atomic E-state index is -0.551. The highest BCUT2D eigenvalue weighted by Crippen LogP contribution is 2.19. The number of rotatable bonds is 6. The average molecular weight is 304 g/mol. The fraction of sp³-hybridized carbons (Fsp3) is 0.562. The van der Waals surface area contributed by atoms with Crippen LogP contribution in [0.3, 0.4) is 0 Å². The number of nitrogens with zero attached hydrogens (tertiary/aromatic N) is 2. The number of carbonyl (C=O) groups is 2. The Hall–Kier alpha value is -2.11. The smallest absolute Gasteiger partial charge is 0.294 e. The monoisotopic (exact) mass is 304 g/mol. The first kappa shape index (κ1) is 16.3. The lowest BCUT2D eigenvalue weighted by Gasteiger charge is -2.34. The number of Topliss-reactive ketones (excluding diaryl/α,β-unsaturated/α-hetero) is 1. The first-order valence-electron chi connectivity index (χ1n) is 7.93. The van der Waals surface area contributed by atoms with Gasteiger partial charge in [-0.1, -0.05) is 33.1 Å². The van der Waals surface area contributed by atoms with E-state index in [2.05, 4.69) is 29.5 Å². The third kappa shape index (κ3) is 3.96. The van der Waals surface area contributed by atoms with Gasteiger partial charge in [0, 0.05) is 18.9 Å². The molecule has 0 radical (unpaired) electrons. The number of hydrogen-bond acceptors (Lipinski definition) is 5. The molecule has 0 aliphatic carbocycles. The Morgan fingerprint density at radius 1 is 1.36 bits per heavy atom. The standard InChI is InChI=1S/C16H24N4O2/c1-3-5-6-12(4-2)10-20-11-14(21)16(22)19-15(20)13-9-17-7-8-18-13/h7-9,12,18H,3-6,10-11H2,1-2H3,(H,19,22). The van der Waals surface area contributed by atoms with Gasteiger partial charge in [-0.15, -0.1) is 0 Å². The molecule has 0 saturated carbocycles. The Bertz CT molecular complexity index is 522. The van der Waals surface area contributed by atoms with Gasteiger partial charge in [-0.25, -0.2) is 0 Å². The van der Waals surface area contributed by atoms with Crippen LogP contribution in [0.5, 0.6) is 0 Å². The van der Waals surface area contributed by atoms with Gasteiger partial charge in [-0.3, -0.25) is 14.6 Å². The molecule has 2 rings (SSSR count).